The summed E-state index contributed by atoms with van der Waals surface area (Å²) in [5, 5.41) is 0. The zero-order valence-electron chi connectivity index (χ0n) is 10.3. The summed E-state index contributed by atoms with van der Waals surface area (Å²) in [6.45, 7) is 4.41. The van der Waals surface area contributed by atoms with E-state index < -0.39 is 0 Å². The summed E-state index contributed by atoms with van der Waals surface area (Å²) in [7, 11) is 0. The van der Waals surface area contributed by atoms with Crippen molar-refractivity contribution in [2.45, 2.75) is 50.8 Å². The van der Waals surface area contributed by atoms with Crippen LogP contribution >= 0.6 is 15.9 Å². The summed E-state index contributed by atoms with van der Waals surface area (Å²) in [6.07, 6.45) is 6.89. The van der Waals surface area contributed by atoms with Crippen molar-refractivity contribution in [1.29, 1.82) is 0 Å². The van der Waals surface area contributed by atoms with Crippen molar-refractivity contribution in [1.82, 2.24) is 0 Å². The highest BCUT2D eigenvalue weighted by Crippen LogP contribution is 2.33. The molecule has 2 rings (SSSR count). The van der Waals surface area contributed by atoms with E-state index in [4.69, 9.17) is 0 Å². The Balaban J connectivity index is 2.04. The molecule has 0 nitrogen and oxygen atoms in total. The summed E-state index contributed by atoms with van der Waals surface area (Å²) in [5.74, 6) is 0.903. The molecule has 0 saturated heterocycles. The summed E-state index contributed by atoms with van der Waals surface area (Å²) in [4.78, 5) is 0.676. The molecule has 16 heavy (non-hydrogen) atoms. The van der Waals surface area contributed by atoms with Crippen molar-refractivity contribution in [2.75, 3.05) is 0 Å². The number of halogens is 1. The van der Waals surface area contributed by atoms with Gasteiger partial charge in [0.1, 0.15) is 0 Å². The van der Waals surface area contributed by atoms with E-state index in [1.54, 1.807) is 0 Å². The van der Waals surface area contributed by atoms with Crippen LogP contribution in [0, 0.1) is 19.8 Å². The minimum Gasteiger partial charge on any atom is -0.0884 e. The zero-order valence-corrected chi connectivity index (χ0v) is 11.9. The molecule has 1 aliphatic rings. The van der Waals surface area contributed by atoms with Crippen LogP contribution in [0.4, 0.5) is 0 Å². The number of hydrogen-bond acceptors (Lipinski definition) is 0. The van der Waals surface area contributed by atoms with Crippen molar-refractivity contribution in [3.05, 3.63) is 34.9 Å². The molecule has 0 aliphatic heterocycles. The largest absolute Gasteiger partial charge is 0.0884 e. The van der Waals surface area contributed by atoms with Gasteiger partial charge in [-0.25, -0.2) is 0 Å². The van der Waals surface area contributed by atoms with Crippen LogP contribution in [0.2, 0.25) is 0 Å². The fourth-order valence-electron chi connectivity index (χ4n) is 2.72. The van der Waals surface area contributed by atoms with Gasteiger partial charge in [0.25, 0.3) is 0 Å². The molecule has 0 heterocycles. The lowest BCUT2D eigenvalue weighted by Gasteiger charge is -2.18. The second-order valence-electron chi connectivity index (χ2n) is 5.19. The SMILES string of the molecule is Cc1ccc(C)c(CC(Br)C2CCCC2)c1. The predicted octanol–water partition coefficient (Wildman–Crippen LogP) is 4.80. The first-order chi connectivity index (χ1) is 7.66. The molecule has 1 atom stereocenters. The van der Waals surface area contributed by atoms with Gasteiger partial charge in [-0.1, -0.05) is 52.5 Å². The van der Waals surface area contributed by atoms with E-state index in [9.17, 15) is 0 Å². The highest BCUT2D eigenvalue weighted by molar-refractivity contribution is 9.09. The van der Waals surface area contributed by atoms with Crippen LogP contribution in [-0.4, -0.2) is 4.83 Å². The van der Waals surface area contributed by atoms with Gasteiger partial charge in [-0.05, 0) is 50.2 Å². The number of rotatable bonds is 3. The van der Waals surface area contributed by atoms with E-state index in [1.165, 1.54) is 48.8 Å². The Morgan fingerprint density at radius 2 is 1.94 bits per heavy atom. The molecule has 0 radical (unpaired) electrons. The Morgan fingerprint density at radius 1 is 1.25 bits per heavy atom. The van der Waals surface area contributed by atoms with Gasteiger partial charge in [-0.3, -0.25) is 0 Å². The topological polar surface area (TPSA) is 0 Å². The molecule has 0 spiro atoms. The van der Waals surface area contributed by atoms with Crippen LogP contribution in [0.1, 0.15) is 42.4 Å². The second-order valence-corrected chi connectivity index (χ2v) is 6.37. The fraction of sp³-hybridized carbons (Fsp3) is 0.600. The quantitative estimate of drug-likeness (QED) is 0.698. The Hall–Kier alpha value is -0.300. The van der Waals surface area contributed by atoms with Gasteiger partial charge in [0, 0.05) is 4.83 Å². The number of aryl methyl sites for hydroxylation is 2. The molecule has 1 heteroatoms. The highest BCUT2D eigenvalue weighted by atomic mass is 79.9. The molecule has 0 N–H and O–H groups in total. The first-order valence-electron chi connectivity index (χ1n) is 6.37. The summed E-state index contributed by atoms with van der Waals surface area (Å²) < 4.78 is 0. The van der Waals surface area contributed by atoms with Crippen LogP contribution in [0.15, 0.2) is 18.2 Å². The molecule has 1 unspecified atom stereocenters. The minimum absolute atomic E-state index is 0.676. The third kappa shape index (κ3) is 2.88. The van der Waals surface area contributed by atoms with E-state index in [-0.39, 0.29) is 0 Å². The number of benzene rings is 1. The molecule has 1 aromatic carbocycles. The van der Waals surface area contributed by atoms with Crippen LogP contribution in [0.3, 0.4) is 0 Å². The Morgan fingerprint density at radius 3 is 2.62 bits per heavy atom. The van der Waals surface area contributed by atoms with E-state index in [0.29, 0.717) is 4.83 Å². The summed E-state index contributed by atoms with van der Waals surface area (Å²) in [5.41, 5.74) is 4.34. The van der Waals surface area contributed by atoms with Crippen molar-refractivity contribution in [2.24, 2.45) is 5.92 Å². The maximum Gasteiger partial charge on any atom is 0.0214 e. The first-order valence-corrected chi connectivity index (χ1v) is 7.28. The van der Waals surface area contributed by atoms with Gasteiger partial charge >= 0.3 is 0 Å². The molecule has 1 fully saturated rings. The predicted molar refractivity (Wildman–Crippen MR) is 74.3 cm³/mol. The van der Waals surface area contributed by atoms with Crippen LogP contribution < -0.4 is 0 Å². The maximum absolute atomic E-state index is 3.90. The Kier molecular flexibility index (Phi) is 4.07. The highest BCUT2D eigenvalue weighted by Gasteiger charge is 2.23. The van der Waals surface area contributed by atoms with Gasteiger partial charge in [-0.2, -0.15) is 0 Å². The first kappa shape index (κ1) is 12.2. The van der Waals surface area contributed by atoms with Crippen molar-refractivity contribution < 1.29 is 0 Å². The lowest BCUT2D eigenvalue weighted by molar-refractivity contribution is 0.525. The number of hydrogen-bond donors (Lipinski definition) is 0. The van der Waals surface area contributed by atoms with Gasteiger partial charge in [0.05, 0.1) is 0 Å². The van der Waals surface area contributed by atoms with Crippen LogP contribution in [0.5, 0.6) is 0 Å². The average molecular weight is 281 g/mol. The van der Waals surface area contributed by atoms with E-state index in [1.807, 2.05) is 0 Å². The lowest BCUT2D eigenvalue weighted by atomic mass is 9.95. The minimum atomic E-state index is 0.676. The van der Waals surface area contributed by atoms with Gasteiger partial charge in [-0.15, -0.1) is 0 Å². The molecule has 88 valence electrons. The smallest absolute Gasteiger partial charge is 0.0214 e. The van der Waals surface area contributed by atoms with E-state index in [0.717, 1.165) is 5.92 Å². The summed E-state index contributed by atoms with van der Waals surface area (Å²) >= 11 is 3.90. The van der Waals surface area contributed by atoms with Crippen LogP contribution in [0.25, 0.3) is 0 Å². The monoisotopic (exact) mass is 280 g/mol. The van der Waals surface area contributed by atoms with Crippen LogP contribution in [-0.2, 0) is 6.42 Å². The third-order valence-electron chi connectivity index (χ3n) is 3.83. The Bertz CT molecular complexity index is 350. The fourth-order valence-corrected chi connectivity index (χ4v) is 3.59. The number of alkyl halides is 1. The molecule has 0 amide bonds. The van der Waals surface area contributed by atoms with Gasteiger partial charge in [0.15, 0.2) is 0 Å². The summed E-state index contributed by atoms with van der Waals surface area (Å²) in [6, 6.07) is 6.80. The molecule has 1 saturated carbocycles. The molecular weight excluding hydrogens is 260 g/mol. The average Bonchev–Trinajstić information content (AvgIpc) is 2.76. The lowest BCUT2D eigenvalue weighted by Crippen LogP contribution is -2.14. The van der Waals surface area contributed by atoms with Gasteiger partial charge < -0.3 is 0 Å². The molecule has 0 aromatic heterocycles. The zero-order chi connectivity index (χ0) is 11.5. The van der Waals surface area contributed by atoms with E-state index in [2.05, 4.69) is 48.0 Å². The van der Waals surface area contributed by atoms with Crippen molar-refractivity contribution in [3.63, 3.8) is 0 Å². The Labute approximate surface area is 108 Å². The van der Waals surface area contributed by atoms with E-state index >= 15 is 0 Å². The standard InChI is InChI=1S/C15H21Br/c1-11-7-8-12(2)14(9-11)10-15(16)13-5-3-4-6-13/h7-9,13,15H,3-6,10H2,1-2H3. The second kappa shape index (κ2) is 5.35. The van der Waals surface area contributed by atoms with Gasteiger partial charge in [0.2, 0.25) is 0 Å². The molecular formula is C15H21Br. The molecule has 1 aliphatic carbocycles. The van der Waals surface area contributed by atoms with Crippen molar-refractivity contribution >= 4 is 15.9 Å². The van der Waals surface area contributed by atoms with Crippen molar-refractivity contribution in [3.8, 4) is 0 Å². The maximum atomic E-state index is 3.90. The third-order valence-corrected chi connectivity index (χ3v) is 4.90. The normalized spacial score (nSPS) is 18.9. The molecule has 0 bridgehead atoms. The molecule has 1 aromatic rings.